The first kappa shape index (κ1) is 9.78. The lowest BCUT2D eigenvalue weighted by Crippen LogP contribution is -2.19. The van der Waals surface area contributed by atoms with E-state index < -0.39 is 0 Å². The van der Waals surface area contributed by atoms with Gasteiger partial charge in [0, 0.05) is 16.9 Å². The molecule has 0 aromatic heterocycles. The standard InChI is InChI=1S/C9H16N2S/c1-6(12)7-5-10-8(11-7)9(2,3)4/h5-7,12H,1-4H3. The molecule has 1 aliphatic rings. The largest absolute Gasteiger partial charge is 0.260 e. The van der Waals surface area contributed by atoms with Gasteiger partial charge in [-0.25, -0.2) is 4.99 Å². The topological polar surface area (TPSA) is 24.7 Å². The van der Waals surface area contributed by atoms with E-state index in [9.17, 15) is 0 Å². The first-order chi connectivity index (χ1) is 5.41. The van der Waals surface area contributed by atoms with Gasteiger partial charge in [-0.05, 0) is 0 Å². The number of thiol groups is 1. The Morgan fingerprint density at radius 2 is 2.08 bits per heavy atom. The van der Waals surface area contributed by atoms with E-state index in [4.69, 9.17) is 0 Å². The number of rotatable bonds is 1. The zero-order valence-corrected chi connectivity index (χ0v) is 8.97. The van der Waals surface area contributed by atoms with Crippen LogP contribution in [0.15, 0.2) is 9.98 Å². The van der Waals surface area contributed by atoms with Gasteiger partial charge < -0.3 is 0 Å². The van der Waals surface area contributed by atoms with E-state index in [-0.39, 0.29) is 16.7 Å². The molecule has 2 atom stereocenters. The fourth-order valence-corrected chi connectivity index (χ4v) is 1.12. The second kappa shape index (κ2) is 3.21. The van der Waals surface area contributed by atoms with Gasteiger partial charge in [-0.2, -0.15) is 12.6 Å². The summed E-state index contributed by atoms with van der Waals surface area (Å²) in [7, 11) is 0. The summed E-state index contributed by atoms with van der Waals surface area (Å²) in [5.74, 6) is 0.938. The normalized spacial score (nSPS) is 25.8. The third-order valence-corrected chi connectivity index (χ3v) is 2.09. The average molecular weight is 184 g/mol. The van der Waals surface area contributed by atoms with Crippen LogP contribution >= 0.6 is 12.6 Å². The molecule has 0 saturated heterocycles. The van der Waals surface area contributed by atoms with Gasteiger partial charge in [0.2, 0.25) is 0 Å². The van der Waals surface area contributed by atoms with E-state index >= 15 is 0 Å². The highest BCUT2D eigenvalue weighted by molar-refractivity contribution is 7.81. The van der Waals surface area contributed by atoms with Crippen LogP contribution in [0.1, 0.15) is 27.7 Å². The second-order valence-electron chi connectivity index (χ2n) is 4.21. The van der Waals surface area contributed by atoms with E-state index in [1.165, 1.54) is 0 Å². The number of amidine groups is 1. The molecule has 0 radical (unpaired) electrons. The van der Waals surface area contributed by atoms with Crippen molar-refractivity contribution in [3.63, 3.8) is 0 Å². The van der Waals surface area contributed by atoms with Crippen LogP contribution in [0.3, 0.4) is 0 Å². The van der Waals surface area contributed by atoms with Gasteiger partial charge in [0.15, 0.2) is 0 Å². The summed E-state index contributed by atoms with van der Waals surface area (Å²) in [5, 5.41) is 0.258. The highest BCUT2D eigenvalue weighted by atomic mass is 32.1. The van der Waals surface area contributed by atoms with Crippen molar-refractivity contribution in [3.8, 4) is 0 Å². The summed E-state index contributed by atoms with van der Waals surface area (Å²) in [6.45, 7) is 8.40. The monoisotopic (exact) mass is 184 g/mol. The zero-order chi connectivity index (χ0) is 9.35. The maximum Gasteiger partial charge on any atom is 0.129 e. The lowest BCUT2D eigenvalue weighted by Gasteiger charge is -2.15. The van der Waals surface area contributed by atoms with Crippen LogP contribution in [0.2, 0.25) is 0 Å². The van der Waals surface area contributed by atoms with Crippen molar-refractivity contribution in [2.24, 2.45) is 15.4 Å². The predicted octanol–water partition coefficient (Wildman–Crippen LogP) is 2.20. The maximum absolute atomic E-state index is 4.48. The molecule has 0 amide bonds. The molecular weight excluding hydrogens is 168 g/mol. The van der Waals surface area contributed by atoms with Crippen LogP contribution < -0.4 is 0 Å². The lowest BCUT2D eigenvalue weighted by atomic mass is 9.95. The smallest absolute Gasteiger partial charge is 0.129 e. The zero-order valence-electron chi connectivity index (χ0n) is 8.07. The minimum Gasteiger partial charge on any atom is -0.260 e. The van der Waals surface area contributed by atoms with E-state index in [1.807, 2.05) is 13.1 Å². The molecule has 1 heterocycles. The molecular formula is C9H16N2S. The molecule has 0 saturated carbocycles. The highest BCUT2D eigenvalue weighted by Crippen LogP contribution is 2.22. The molecule has 0 aromatic carbocycles. The van der Waals surface area contributed by atoms with Gasteiger partial charge in [0.25, 0.3) is 0 Å². The Bertz CT molecular complexity index is 223. The molecule has 0 bridgehead atoms. The van der Waals surface area contributed by atoms with E-state index in [1.54, 1.807) is 0 Å². The number of hydrogen-bond acceptors (Lipinski definition) is 3. The molecule has 0 aromatic rings. The summed E-state index contributed by atoms with van der Waals surface area (Å²) in [5.41, 5.74) is 0.0634. The Morgan fingerprint density at radius 3 is 2.33 bits per heavy atom. The Hall–Kier alpha value is -0.310. The molecule has 1 aliphatic heterocycles. The lowest BCUT2D eigenvalue weighted by molar-refractivity contribution is 0.583. The Morgan fingerprint density at radius 1 is 1.50 bits per heavy atom. The van der Waals surface area contributed by atoms with E-state index in [0.717, 1.165) is 5.84 Å². The minimum absolute atomic E-state index is 0.0634. The van der Waals surface area contributed by atoms with Crippen molar-refractivity contribution in [1.82, 2.24) is 0 Å². The van der Waals surface area contributed by atoms with Crippen molar-refractivity contribution >= 4 is 24.7 Å². The summed E-state index contributed by atoms with van der Waals surface area (Å²) >= 11 is 4.33. The van der Waals surface area contributed by atoms with Gasteiger partial charge in [-0.1, -0.05) is 27.7 Å². The molecule has 0 fully saturated rings. The van der Waals surface area contributed by atoms with Crippen LogP contribution in [0.25, 0.3) is 0 Å². The van der Waals surface area contributed by atoms with Crippen LogP contribution in [0.5, 0.6) is 0 Å². The molecule has 1 rings (SSSR count). The van der Waals surface area contributed by atoms with Crippen molar-refractivity contribution in [2.45, 2.75) is 39.0 Å². The van der Waals surface area contributed by atoms with Gasteiger partial charge in [-0.15, -0.1) is 0 Å². The third-order valence-electron chi connectivity index (χ3n) is 1.79. The summed E-state index contributed by atoms with van der Waals surface area (Å²) in [6, 6.07) is 0.169. The molecule has 12 heavy (non-hydrogen) atoms. The van der Waals surface area contributed by atoms with E-state index in [0.29, 0.717) is 0 Å². The number of aliphatic imine (C=N–C) groups is 2. The Labute approximate surface area is 79.6 Å². The molecule has 0 spiro atoms. The van der Waals surface area contributed by atoms with Crippen LogP contribution in [-0.4, -0.2) is 23.3 Å². The third kappa shape index (κ3) is 2.09. The molecule has 2 nitrogen and oxygen atoms in total. The van der Waals surface area contributed by atoms with Crippen LogP contribution in [0.4, 0.5) is 0 Å². The van der Waals surface area contributed by atoms with Gasteiger partial charge in [-0.3, -0.25) is 4.99 Å². The van der Waals surface area contributed by atoms with Crippen molar-refractivity contribution in [2.75, 3.05) is 0 Å². The van der Waals surface area contributed by atoms with Crippen molar-refractivity contribution < 1.29 is 0 Å². The fraction of sp³-hybridized carbons (Fsp3) is 0.778. The first-order valence-corrected chi connectivity index (χ1v) is 4.73. The van der Waals surface area contributed by atoms with Crippen molar-refractivity contribution in [1.29, 1.82) is 0 Å². The molecule has 0 aliphatic carbocycles. The Balaban J connectivity index is 2.75. The van der Waals surface area contributed by atoms with Gasteiger partial charge in [0.05, 0.1) is 6.04 Å². The molecule has 2 unspecified atom stereocenters. The minimum atomic E-state index is 0.0634. The molecule has 3 heteroatoms. The first-order valence-electron chi connectivity index (χ1n) is 4.22. The van der Waals surface area contributed by atoms with Crippen LogP contribution in [0, 0.1) is 5.41 Å². The summed E-state index contributed by atoms with van der Waals surface area (Å²) in [6.07, 6.45) is 1.89. The van der Waals surface area contributed by atoms with Crippen molar-refractivity contribution in [3.05, 3.63) is 0 Å². The number of nitrogens with zero attached hydrogens (tertiary/aromatic N) is 2. The quantitative estimate of drug-likeness (QED) is 0.604. The SMILES string of the molecule is CC(S)C1C=NC(C(C)(C)C)=N1. The predicted molar refractivity (Wildman–Crippen MR) is 57.6 cm³/mol. The summed E-state index contributed by atoms with van der Waals surface area (Å²) in [4.78, 5) is 8.76. The fourth-order valence-electron chi connectivity index (χ4n) is 0.975. The molecule has 68 valence electrons. The molecule has 0 N–H and O–H groups in total. The maximum atomic E-state index is 4.48. The Kier molecular flexibility index (Phi) is 2.61. The van der Waals surface area contributed by atoms with Gasteiger partial charge >= 0.3 is 0 Å². The summed E-state index contributed by atoms with van der Waals surface area (Å²) < 4.78 is 0. The van der Waals surface area contributed by atoms with E-state index in [2.05, 4.69) is 43.4 Å². The average Bonchev–Trinajstić information content (AvgIpc) is 2.30. The number of hydrogen-bond donors (Lipinski definition) is 1. The highest BCUT2D eigenvalue weighted by Gasteiger charge is 2.24. The second-order valence-corrected chi connectivity index (χ2v) is 5.03. The van der Waals surface area contributed by atoms with Gasteiger partial charge in [0.1, 0.15) is 5.84 Å². The van der Waals surface area contributed by atoms with Crippen LogP contribution in [-0.2, 0) is 0 Å².